The predicted molar refractivity (Wildman–Crippen MR) is 150 cm³/mol. The Balaban J connectivity index is 1.40. The average Bonchev–Trinajstić information content (AvgIpc) is 3.18. The number of carbonyl (C=O) groups is 2. The lowest BCUT2D eigenvalue weighted by molar-refractivity contribution is 0.0888. The molecular weight excluding hydrogens is 474 g/mol. The summed E-state index contributed by atoms with van der Waals surface area (Å²) in [6, 6.07) is 22.3. The van der Waals surface area contributed by atoms with Gasteiger partial charge in [0.25, 0.3) is 0 Å². The van der Waals surface area contributed by atoms with E-state index in [0.717, 1.165) is 23.8 Å². The lowest BCUT2D eigenvalue weighted by atomic mass is 9.98. The van der Waals surface area contributed by atoms with Crippen LogP contribution < -0.4 is 9.47 Å². The molecule has 5 rings (SSSR count). The second-order valence-corrected chi connectivity index (χ2v) is 10.1. The number of pyridine rings is 1. The Morgan fingerprint density at radius 2 is 1.63 bits per heavy atom. The minimum atomic E-state index is -0.968. The van der Waals surface area contributed by atoms with Gasteiger partial charge in [0.1, 0.15) is 28.7 Å². The molecule has 5 nitrogen and oxygen atoms in total. The van der Waals surface area contributed by atoms with Crippen LogP contribution in [0.2, 0.25) is 0 Å². The molecular formula is C33H33NO4. The molecule has 1 aromatic heterocycles. The number of unbranched alkanes of at least 4 members (excludes halogenated alkanes) is 1. The molecule has 2 atom stereocenters. The van der Waals surface area contributed by atoms with Gasteiger partial charge >= 0.3 is 0 Å². The molecule has 0 bridgehead atoms. The van der Waals surface area contributed by atoms with Gasteiger partial charge in [-0.3, -0.25) is 9.59 Å². The molecule has 1 heterocycles. The van der Waals surface area contributed by atoms with E-state index >= 15 is 0 Å². The van der Waals surface area contributed by atoms with Gasteiger partial charge in [-0.2, -0.15) is 0 Å². The topological polar surface area (TPSA) is 65.5 Å². The number of ketones is 2. The zero-order valence-electron chi connectivity index (χ0n) is 22.2. The van der Waals surface area contributed by atoms with Crippen LogP contribution in [0.3, 0.4) is 0 Å². The number of hydrogen-bond donors (Lipinski definition) is 0. The Labute approximate surface area is 223 Å². The minimum Gasteiger partial charge on any atom is -0.491 e. The molecule has 0 saturated carbocycles. The number of nitrogens with zero attached hydrogens (tertiary/aromatic N) is 1. The highest BCUT2D eigenvalue weighted by atomic mass is 16.5. The summed E-state index contributed by atoms with van der Waals surface area (Å²) >= 11 is 0. The zero-order chi connectivity index (χ0) is 26.6. The molecule has 0 N–H and O–H groups in total. The van der Waals surface area contributed by atoms with E-state index in [0.29, 0.717) is 52.1 Å². The summed E-state index contributed by atoms with van der Waals surface area (Å²) in [7, 11) is 0. The van der Waals surface area contributed by atoms with Crippen molar-refractivity contribution in [1.29, 1.82) is 0 Å². The summed E-state index contributed by atoms with van der Waals surface area (Å²) in [5, 5.41) is 0.914. The number of benzene rings is 3. The maximum absolute atomic E-state index is 13.5. The maximum Gasteiger partial charge on any atom is 0.180 e. The van der Waals surface area contributed by atoms with Crippen LogP contribution in [0.15, 0.2) is 72.8 Å². The fourth-order valence-electron chi connectivity index (χ4n) is 4.96. The summed E-state index contributed by atoms with van der Waals surface area (Å²) in [5.41, 5.74) is 3.03. The van der Waals surface area contributed by atoms with Gasteiger partial charge in [-0.15, -0.1) is 0 Å². The Bertz CT molecular complexity index is 1470. The molecule has 5 heteroatoms. The number of fused-ring (bicyclic) bond motifs is 2. The van der Waals surface area contributed by atoms with E-state index in [-0.39, 0.29) is 11.6 Å². The molecule has 194 valence electrons. The van der Waals surface area contributed by atoms with Gasteiger partial charge in [0, 0.05) is 16.5 Å². The van der Waals surface area contributed by atoms with Crippen molar-refractivity contribution in [3.8, 4) is 17.2 Å². The van der Waals surface area contributed by atoms with Crippen molar-refractivity contribution >= 4 is 22.5 Å². The highest BCUT2D eigenvalue weighted by molar-refractivity contribution is 6.29. The van der Waals surface area contributed by atoms with Crippen LogP contribution in [0, 0.1) is 12.8 Å². The molecule has 0 fully saturated rings. The van der Waals surface area contributed by atoms with Crippen molar-refractivity contribution in [3.63, 3.8) is 0 Å². The molecule has 3 aromatic carbocycles. The monoisotopic (exact) mass is 507 g/mol. The SMILES string of the molecule is CCCCC(CC)COc1cccc2ccc(C3C(=O)c4ccc(Oc5ccc(C)cc5)cc4C3=O)nc12. The third kappa shape index (κ3) is 5.19. The number of aryl methyl sites for hydroxylation is 1. The van der Waals surface area contributed by atoms with E-state index in [1.807, 2.05) is 55.5 Å². The Morgan fingerprint density at radius 3 is 2.39 bits per heavy atom. The Hall–Kier alpha value is -3.99. The number of rotatable bonds is 10. The molecule has 0 saturated heterocycles. The first-order valence-corrected chi connectivity index (χ1v) is 13.5. The van der Waals surface area contributed by atoms with Crippen LogP contribution in [0.1, 0.15) is 77.4 Å². The van der Waals surface area contributed by atoms with Crippen molar-refractivity contribution in [3.05, 3.63) is 95.2 Å². The smallest absolute Gasteiger partial charge is 0.180 e. The van der Waals surface area contributed by atoms with E-state index < -0.39 is 5.92 Å². The highest BCUT2D eigenvalue weighted by Crippen LogP contribution is 2.37. The van der Waals surface area contributed by atoms with Crippen LogP contribution in [-0.4, -0.2) is 23.2 Å². The summed E-state index contributed by atoms with van der Waals surface area (Å²) < 4.78 is 12.2. The number of ether oxygens (including phenoxy) is 2. The van der Waals surface area contributed by atoms with Crippen LogP contribution in [0.25, 0.3) is 10.9 Å². The van der Waals surface area contributed by atoms with E-state index in [9.17, 15) is 9.59 Å². The third-order valence-electron chi connectivity index (χ3n) is 7.32. The van der Waals surface area contributed by atoms with E-state index in [2.05, 4.69) is 13.8 Å². The Kier molecular flexibility index (Phi) is 7.54. The molecule has 1 aliphatic carbocycles. The summed E-state index contributed by atoms with van der Waals surface area (Å²) in [6.45, 7) is 7.02. The number of hydrogen-bond acceptors (Lipinski definition) is 5. The first kappa shape index (κ1) is 25.7. The van der Waals surface area contributed by atoms with Crippen molar-refractivity contribution < 1.29 is 19.1 Å². The van der Waals surface area contributed by atoms with Crippen LogP contribution in [0.4, 0.5) is 0 Å². The second kappa shape index (κ2) is 11.2. The van der Waals surface area contributed by atoms with Gasteiger partial charge < -0.3 is 9.47 Å². The minimum absolute atomic E-state index is 0.234. The fraction of sp³-hybridized carbons (Fsp3) is 0.303. The molecule has 1 aliphatic rings. The molecule has 4 aromatic rings. The van der Waals surface area contributed by atoms with Gasteiger partial charge in [-0.1, -0.05) is 69.0 Å². The van der Waals surface area contributed by atoms with E-state index in [4.69, 9.17) is 14.5 Å². The fourth-order valence-corrected chi connectivity index (χ4v) is 4.96. The predicted octanol–water partition coefficient (Wildman–Crippen LogP) is 8.09. The summed E-state index contributed by atoms with van der Waals surface area (Å²) in [5.74, 6) is 0.904. The standard InChI is InChI=1S/C33H33NO4/c1-4-6-8-22(5-2)20-37-29-10-7-9-23-13-18-28(34-31(23)29)30-32(35)26-17-16-25(19-27(26)33(30)36)38-24-14-11-21(3)12-15-24/h7,9-19,22,30H,4-6,8,20H2,1-3H3. The summed E-state index contributed by atoms with van der Waals surface area (Å²) in [6.07, 6.45) is 4.54. The largest absolute Gasteiger partial charge is 0.491 e. The number of para-hydroxylation sites is 1. The van der Waals surface area contributed by atoms with Gasteiger partial charge in [0.05, 0.1) is 12.3 Å². The van der Waals surface area contributed by atoms with Crippen molar-refractivity contribution in [2.24, 2.45) is 5.92 Å². The van der Waals surface area contributed by atoms with Crippen LogP contribution in [-0.2, 0) is 0 Å². The lowest BCUT2D eigenvalue weighted by Crippen LogP contribution is -2.15. The van der Waals surface area contributed by atoms with Crippen LogP contribution >= 0.6 is 0 Å². The normalized spacial score (nSPS) is 15.5. The molecule has 38 heavy (non-hydrogen) atoms. The average molecular weight is 508 g/mol. The highest BCUT2D eigenvalue weighted by Gasteiger charge is 2.41. The van der Waals surface area contributed by atoms with E-state index in [1.54, 1.807) is 24.3 Å². The van der Waals surface area contributed by atoms with E-state index in [1.165, 1.54) is 12.8 Å². The van der Waals surface area contributed by atoms with Gasteiger partial charge in [0.2, 0.25) is 0 Å². The zero-order valence-corrected chi connectivity index (χ0v) is 22.2. The first-order valence-electron chi connectivity index (χ1n) is 13.5. The number of Topliss-reactive ketones (excluding diaryl/α,β-unsaturated/α-hetero) is 2. The lowest BCUT2D eigenvalue weighted by Gasteiger charge is -2.17. The molecule has 0 amide bonds. The third-order valence-corrected chi connectivity index (χ3v) is 7.32. The van der Waals surface area contributed by atoms with Crippen molar-refractivity contribution in [2.75, 3.05) is 6.61 Å². The molecule has 0 aliphatic heterocycles. The van der Waals surface area contributed by atoms with Gasteiger partial charge in [-0.05, 0) is 61.7 Å². The molecule has 0 radical (unpaired) electrons. The van der Waals surface area contributed by atoms with Gasteiger partial charge in [-0.25, -0.2) is 4.98 Å². The second-order valence-electron chi connectivity index (χ2n) is 10.1. The molecule has 2 unspecified atom stereocenters. The summed E-state index contributed by atoms with van der Waals surface area (Å²) in [4.78, 5) is 31.6. The maximum atomic E-state index is 13.5. The molecule has 0 spiro atoms. The quantitative estimate of drug-likeness (QED) is 0.203. The van der Waals surface area contributed by atoms with Crippen molar-refractivity contribution in [1.82, 2.24) is 4.98 Å². The van der Waals surface area contributed by atoms with Gasteiger partial charge in [0.15, 0.2) is 11.6 Å². The number of aromatic nitrogens is 1. The number of carbonyl (C=O) groups excluding carboxylic acids is 2. The first-order chi connectivity index (χ1) is 18.5. The van der Waals surface area contributed by atoms with Crippen molar-refractivity contribution in [2.45, 2.75) is 52.4 Å². The Morgan fingerprint density at radius 1 is 0.868 bits per heavy atom. The van der Waals surface area contributed by atoms with Crippen LogP contribution in [0.5, 0.6) is 17.2 Å².